The lowest BCUT2D eigenvalue weighted by Crippen LogP contribution is -2.19. The van der Waals surface area contributed by atoms with Gasteiger partial charge in [-0.1, -0.05) is 30.0 Å². The molecule has 0 spiro atoms. The number of rotatable bonds is 4. The molecule has 1 aromatic carbocycles. The molecule has 0 saturated heterocycles. The van der Waals surface area contributed by atoms with E-state index in [2.05, 4.69) is 16.4 Å². The Hall–Kier alpha value is -1.16. The largest absolute Gasteiger partial charge is 0.496 e. The first kappa shape index (κ1) is 11.9. The minimum absolute atomic E-state index is 0.727. The fraction of sp³-hybridized carbons (Fsp3) is 0.500. The molecule has 2 aliphatic rings. The van der Waals surface area contributed by atoms with Gasteiger partial charge < -0.3 is 10.1 Å². The van der Waals surface area contributed by atoms with Gasteiger partial charge in [-0.15, -0.1) is 0 Å². The molecule has 4 heteroatoms. The Bertz CT molecular complexity index is 457. The van der Waals surface area contributed by atoms with Gasteiger partial charge in [-0.3, -0.25) is 4.99 Å². The molecule has 0 amide bonds. The summed E-state index contributed by atoms with van der Waals surface area (Å²) in [4.78, 5) is 4.58. The van der Waals surface area contributed by atoms with Crippen molar-refractivity contribution in [3.63, 3.8) is 0 Å². The Kier molecular flexibility index (Phi) is 3.46. The van der Waals surface area contributed by atoms with E-state index in [9.17, 15) is 0 Å². The lowest BCUT2D eigenvalue weighted by molar-refractivity contribution is 0.409. The Morgan fingerprint density at radius 3 is 3.00 bits per heavy atom. The first-order valence-electron chi connectivity index (χ1n) is 6.43. The van der Waals surface area contributed by atoms with Crippen LogP contribution in [0.15, 0.2) is 29.3 Å². The highest BCUT2D eigenvalue weighted by Crippen LogP contribution is 2.41. The van der Waals surface area contributed by atoms with Gasteiger partial charge in [0.25, 0.3) is 0 Å². The molecule has 1 N–H and O–H groups in total. The van der Waals surface area contributed by atoms with E-state index in [4.69, 9.17) is 4.74 Å². The highest BCUT2D eigenvalue weighted by atomic mass is 32.2. The smallest absolute Gasteiger partial charge is 0.157 e. The van der Waals surface area contributed by atoms with E-state index in [1.165, 1.54) is 18.4 Å². The van der Waals surface area contributed by atoms with Crippen molar-refractivity contribution in [2.45, 2.75) is 24.6 Å². The molecule has 3 nitrogen and oxygen atoms in total. The average molecular weight is 262 g/mol. The summed E-state index contributed by atoms with van der Waals surface area (Å²) < 4.78 is 5.34. The Labute approximate surface area is 112 Å². The van der Waals surface area contributed by atoms with Crippen molar-refractivity contribution in [2.24, 2.45) is 10.9 Å². The molecule has 1 fully saturated rings. The lowest BCUT2D eigenvalue weighted by Gasteiger charge is -2.10. The molecule has 3 rings (SSSR count). The molecule has 1 heterocycles. The maximum atomic E-state index is 5.34. The first-order valence-corrected chi connectivity index (χ1v) is 7.31. The van der Waals surface area contributed by atoms with Crippen LogP contribution in [-0.2, 0) is 6.54 Å². The van der Waals surface area contributed by atoms with Crippen molar-refractivity contribution in [1.29, 1.82) is 0 Å². The van der Waals surface area contributed by atoms with Crippen LogP contribution in [0.2, 0.25) is 0 Å². The second-order valence-corrected chi connectivity index (χ2v) is 6.03. The number of methoxy groups -OCH3 is 1. The summed E-state index contributed by atoms with van der Waals surface area (Å²) in [6.45, 7) is 1.77. The lowest BCUT2D eigenvalue weighted by atomic mass is 10.2. The second-order valence-electron chi connectivity index (χ2n) is 4.80. The van der Waals surface area contributed by atoms with E-state index < -0.39 is 0 Å². The predicted octanol–water partition coefficient (Wildman–Crippen LogP) is 2.67. The summed E-state index contributed by atoms with van der Waals surface area (Å²) in [5.74, 6) is 1.86. The van der Waals surface area contributed by atoms with Crippen LogP contribution in [-0.4, -0.2) is 24.1 Å². The van der Waals surface area contributed by atoms with Crippen LogP contribution in [0.3, 0.4) is 0 Å². The highest BCUT2D eigenvalue weighted by molar-refractivity contribution is 8.14. The third kappa shape index (κ3) is 2.64. The molecule has 1 saturated carbocycles. The Morgan fingerprint density at radius 1 is 1.39 bits per heavy atom. The minimum Gasteiger partial charge on any atom is -0.496 e. The van der Waals surface area contributed by atoms with Gasteiger partial charge in [-0.2, -0.15) is 0 Å². The van der Waals surface area contributed by atoms with Gasteiger partial charge in [0.05, 0.1) is 13.7 Å². The van der Waals surface area contributed by atoms with Gasteiger partial charge in [0.15, 0.2) is 5.17 Å². The fourth-order valence-corrected chi connectivity index (χ4v) is 3.43. The summed E-state index contributed by atoms with van der Waals surface area (Å²) in [6, 6.07) is 8.11. The number of ether oxygens (including phenoxy) is 1. The van der Waals surface area contributed by atoms with Crippen LogP contribution in [0.5, 0.6) is 5.75 Å². The monoisotopic (exact) mass is 262 g/mol. The molecular weight excluding hydrogens is 244 g/mol. The molecule has 1 atom stereocenters. The number of amidine groups is 1. The number of para-hydroxylation sites is 1. The number of nitrogens with zero attached hydrogens (tertiary/aromatic N) is 1. The van der Waals surface area contributed by atoms with E-state index >= 15 is 0 Å². The quantitative estimate of drug-likeness (QED) is 0.905. The van der Waals surface area contributed by atoms with E-state index in [1.54, 1.807) is 7.11 Å². The molecule has 0 aromatic heterocycles. The Balaban J connectivity index is 1.55. The zero-order valence-corrected chi connectivity index (χ0v) is 11.4. The van der Waals surface area contributed by atoms with E-state index in [0.29, 0.717) is 0 Å². The van der Waals surface area contributed by atoms with Crippen molar-refractivity contribution < 1.29 is 4.74 Å². The molecule has 1 aliphatic heterocycles. The highest BCUT2D eigenvalue weighted by Gasteiger charge is 2.35. The predicted molar refractivity (Wildman–Crippen MR) is 76.2 cm³/mol. The van der Waals surface area contributed by atoms with Gasteiger partial charge in [0.1, 0.15) is 5.75 Å². The SMILES string of the molecule is COc1ccccc1CNC1=NCC(C2CC2)S1. The molecule has 1 aliphatic carbocycles. The van der Waals surface area contributed by atoms with Gasteiger partial charge in [-0.05, 0) is 24.8 Å². The first-order chi connectivity index (χ1) is 8.86. The normalized spacial score (nSPS) is 22.7. The van der Waals surface area contributed by atoms with Crippen LogP contribution < -0.4 is 10.1 Å². The molecular formula is C14H18N2OS. The zero-order valence-electron chi connectivity index (χ0n) is 10.6. The van der Waals surface area contributed by atoms with E-state index in [-0.39, 0.29) is 0 Å². The van der Waals surface area contributed by atoms with Gasteiger partial charge >= 0.3 is 0 Å². The topological polar surface area (TPSA) is 33.6 Å². The van der Waals surface area contributed by atoms with Crippen molar-refractivity contribution in [3.05, 3.63) is 29.8 Å². The Morgan fingerprint density at radius 2 is 2.22 bits per heavy atom. The van der Waals surface area contributed by atoms with Crippen LogP contribution in [0.1, 0.15) is 18.4 Å². The maximum absolute atomic E-state index is 5.34. The van der Waals surface area contributed by atoms with Crippen molar-refractivity contribution in [1.82, 2.24) is 5.32 Å². The van der Waals surface area contributed by atoms with Crippen LogP contribution >= 0.6 is 11.8 Å². The van der Waals surface area contributed by atoms with Crippen molar-refractivity contribution in [2.75, 3.05) is 13.7 Å². The van der Waals surface area contributed by atoms with Crippen molar-refractivity contribution in [3.8, 4) is 5.75 Å². The molecule has 1 aromatic rings. The van der Waals surface area contributed by atoms with Crippen molar-refractivity contribution >= 4 is 16.9 Å². The average Bonchev–Trinajstić information content (AvgIpc) is 3.16. The second kappa shape index (κ2) is 5.22. The molecule has 0 radical (unpaired) electrons. The summed E-state index contributed by atoms with van der Waals surface area (Å²) in [6.07, 6.45) is 2.79. The number of thioether (sulfide) groups is 1. The van der Waals surface area contributed by atoms with Crippen LogP contribution in [0.25, 0.3) is 0 Å². The van der Waals surface area contributed by atoms with Gasteiger partial charge in [0, 0.05) is 17.4 Å². The zero-order chi connectivity index (χ0) is 12.4. The number of aliphatic imine (C=N–C) groups is 1. The molecule has 0 bridgehead atoms. The molecule has 18 heavy (non-hydrogen) atoms. The number of nitrogens with one attached hydrogen (secondary N) is 1. The maximum Gasteiger partial charge on any atom is 0.157 e. The summed E-state index contributed by atoms with van der Waals surface area (Å²) >= 11 is 1.91. The third-order valence-electron chi connectivity index (χ3n) is 3.45. The number of benzene rings is 1. The van der Waals surface area contributed by atoms with Gasteiger partial charge in [0.2, 0.25) is 0 Å². The van der Waals surface area contributed by atoms with Crippen LogP contribution in [0, 0.1) is 5.92 Å². The van der Waals surface area contributed by atoms with E-state index in [1.807, 2.05) is 30.0 Å². The van der Waals surface area contributed by atoms with E-state index in [0.717, 1.165) is 35.2 Å². The summed E-state index contributed by atoms with van der Waals surface area (Å²) in [7, 11) is 1.71. The third-order valence-corrected chi connectivity index (χ3v) is 4.78. The van der Waals surface area contributed by atoms with Gasteiger partial charge in [-0.25, -0.2) is 0 Å². The summed E-state index contributed by atoms with van der Waals surface area (Å²) in [5.41, 5.74) is 1.18. The molecule has 1 unspecified atom stereocenters. The molecule has 96 valence electrons. The minimum atomic E-state index is 0.727. The number of hydrogen-bond acceptors (Lipinski definition) is 4. The summed E-state index contributed by atoms with van der Waals surface area (Å²) in [5, 5.41) is 5.24. The van der Waals surface area contributed by atoms with Crippen LogP contribution in [0.4, 0.5) is 0 Å². The standard InChI is InChI=1S/C14H18N2OS/c1-17-12-5-3-2-4-11(12)8-15-14-16-9-13(18-14)10-6-7-10/h2-5,10,13H,6-9H2,1H3,(H,15,16). The number of hydrogen-bond donors (Lipinski definition) is 1. The fourth-order valence-electron chi connectivity index (χ4n) is 2.22.